The molecule has 0 aliphatic carbocycles. The maximum atomic E-state index is 13.9. The molecule has 2 aromatic rings. The SMILES string of the molecule is CCCCOP(=O)(OCCCC)C(Nc1ccc(CC)cc1)c1ccccc1. The van der Waals surface area contributed by atoms with Crippen LogP contribution in [0.4, 0.5) is 5.69 Å². The minimum Gasteiger partial charge on any atom is -0.368 e. The zero-order chi connectivity index (χ0) is 20.2. The first-order valence-corrected chi connectivity index (χ1v) is 12.0. The maximum absolute atomic E-state index is 13.9. The molecule has 0 saturated carbocycles. The highest BCUT2D eigenvalue weighted by molar-refractivity contribution is 7.54. The summed E-state index contributed by atoms with van der Waals surface area (Å²) in [6.07, 6.45) is 4.66. The molecule has 2 rings (SSSR count). The van der Waals surface area contributed by atoms with E-state index in [1.165, 1.54) is 5.56 Å². The lowest BCUT2D eigenvalue weighted by Crippen LogP contribution is -2.16. The van der Waals surface area contributed by atoms with E-state index in [-0.39, 0.29) is 0 Å². The van der Waals surface area contributed by atoms with Gasteiger partial charge < -0.3 is 14.4 Å². The molecule has 0 aliphatic heterocycles. The summed E-state index contributed by atoms with van der Waals surface area (Å²) in [5, 5.41) is 3.43. The van der Waals surface area contributed by atoms with Crippen LogP contribution < -0.4 is 5.32 Å². The van der Waals surface area contributed by atoms with Gasteiger partial charge in [0.15, 0.2) is 5.78 Å². The summed E-state index contributed by atoms with van der Waals surface area (Å²) in [6.45, 7) is 7.18. The smallest absolute Gasteiger partial charge is 0.357 e. The van der Waals surface area contributed by atoms with Crippen molar-refractivity contribution in [1.82, 2.24) is 0 Å². The Morgan fingerprint density at radius 1 is 0.857 bits per heavy atom. The van der Waals surface area contributed by atoms with Crippen molar-refractivity contribution in [2.45, 2.75) is 58.7 Å². The molecule has 5 heteroatoms. The minimum absolute atomic E-state index is 0.430. The third-order valence-corrected chi connectivity index (χ3v) is 6.78. The van der Waals surface area contributed by atoms with E-state index in [2.05, 4.69) is 38.2 Å². The van der Waals surface area contributed by atoms with Gasteiger partial charge in [-0.3, -0.25) is 4.57 Å². The van der Waals surface area contributed by atoms with Gasteiger partial charge in [0.2, 0.25) is 0 Å². The summed E-state index contributed by atoms with van der Waals surface area (Å²) in [6, 6.07) is 18.0. The van der Waals surface area contributed by atoms with Gasteiger partial charge in [-0.2, -0.15) is 0 Å². The van der Waals surface area contributed by atoms with Gasteiger partial charge in [-0.25, -0.2) is 0 Å². The molecule has 0 aromatic heterocycles. The van der Waals surface area contributed by atoms with E-state index in [4.69, 9.17) is 9.05 Å². The van der Waals surface area contributed by atoms with E-state index < -0.39 is 13.4 Å². The second-order valence-electron chi connectivity index (χ2n) is 6.92. The van der Waals surface area contributed by atoms with Crippen molar-refractivity contribution in [3.8, 4) is 0 Å². The van der Waals surface area contributed by atoms with Crippen LogP contribution in [0.5, 0.6) is 0 Å². The molecule has 2 aromatic carbocycles. The highest BCUT2D eigenvalue weighted by atomic mass is 31.2. The summed E-state index contributed by atoms with van der Waals surface area (Å²) < 4.78 is 25.7. The van der Waals surface area contributed by atoms with E-state index in [1.54, 1.807) is 0 Å². The number of benzene rings is 2. The Balaban J connectivity index is 2.32. The van der Waals surface area contributed by atoms with E-state index in [1.807, 2.05) is 42.5 Å². The van der Waals surface area contributed by atoms with Crippen molar-refractivity contribution in [3.05, 3.63) is 65.7 Å². The molecule has 0 amide bonds. The molecule has 0 bridgehead atoms. The van der Waals surface area contributed by atoms with Crippen LogP contribution in [-0.2, 0) is 20.0 Å². The van der Waals surface area contributed by atoms with Crippen molar-refractivity contribution in [2.24, 2.45) is 0 Å². The highest BCUT2D eigenvalue weighted by Crippen LogP contribution is 2.61. The number of anilines is 1. The number of hydrogen-bond donors (Lipinski definition) is 1. The number of nitrogens with one attached hydrogen (secondary N) is 1. The van der Waals surface area contributed by atoms with Crippen LogP contribution in [0.3, 0.4) is 0 Å². The van der Waals surface area contributed by atoms with Gasteiger partial charge in [0.1, 0.15) is 0 Å². The lowest BCUT2D eigenvalue weighted by atomic mass is 10.1. The summed E-state index contributed by atoms with van der Waals surface area (Å²) in [5.41, 5.74) is 3.08. The molecular weight excluding hydrogens is 369 g/mol. The molecule has 0 radical (unpaired) electrons. The van der Waals surface area contributed by atoms with E-state index in [0.717, 1.165) is 43.4 Å². The molecule has 0 fully saturated rings. The monoisotopic (exact) mass is 403 g/mol. The van der Waals surface area contributed by atoms with Gasteiger partial charge >= 0.3 is 7.60 Å². The van der Waals surface area contributed by atoms with Crippen LogP contribution in [0.25, 0.3) is 0 Å². The fraction of sp³-hybridized carbons (Fsp3) is 0.478. The van der Waals surface area contributed by atoms with E-state index in [9.17, 15) is 4.57 Å². The normalized spacial score (nSPS) is 12.7. The molecule has 1 atom stereocenters. The Bertz CT molecular complexity index is 704. The number of aryl methyl sites for hydroxylation is 1. The fourth-order valence-corrected chi connectivity index (χ4v) is 4.82. The molecule has 28 heavy (non-hydrogen) atoms. The molecular formula is C23H34NO3P. The summed E-state index contributed by atoms with van der Waals surface area (Å²) in [5.74, 6) is -0.546. The molecule has 0 heterocycles. The standard InChI is InChI=1S/C23H34NO3P/c1-4-7-18-26-28(25,27-19-8-5-2)23(21-12-10-9-11-13-21)24-22-16-14-20(6-3)15-17-22/h9-17,23-24H,4-8,18-19H2,1-3H3. The maximum Gasteiger partial charge on any atom is 0.357 e. The number of hydrogen-bond acceptors (Lipinski definition) is 4. The first-order valence-electron chi connectivity index (χ1n) is 10.4. The third-order valence-electron chi connectivity index (χ3n) is 4.64. The molecule has 4 nitrogen and oxygen atoms in total. The quantitative estimate of drug-likeness (QED) is 0.284. The van der Waals surface area contributed by atoms with Crippen molar-refractivity contribution in [2.75, 3.05) is 18.5 Å². The van der Waals surface area contributed by atoms with Crippen LogP contribution in [-0.4, -0.2) is 13.2 Å². The number of rotatable bonds is 13. The van der Waals surface area contributed by atoms with E-state index >= 15 is 0 Å². The summed E-state index contributed by atoms with van der Waals surface area (Å²) in [7, 11) is -3.41. The van der Waals surface area contributed by atoms with Gasteiger partial charge in [-0.15, -0.1) is 0 Å². The molecule has 1 N–H and O–H groups in total. The van der Waals surface area contributed by atoms with Crippen molar-refractivity contribution in [1.29, 1.82) is 0 Å². The summed E-state index contributed by atoms with van der Waals surface area (Å²) in [4.78, 5) is 0. The Morgan fingerprint density at radius 3 is 1.93 bits per heavy atom. The second-order valence-corrected chi connectivity index (χ2v) is 9.03. The molecule has 0 spiro atoms. The fourth-order valence-electron chi connectivity index (χ4n) is 2.83. The average Bonchev–Trinajstić information content (AvgIpc) is 2.73. The lowest BCUT2D eigenvalue weighted by Gasteiger charge is -2.29. The van der Waals surface area contributed by atoms with Crippen LogP contribution in [0.1, 0.15) is 63.4 Å². The van der Waals surface area contributed by atoms with Gasteiger partial charge in [-0.05, 0) is 42.5 Å². The van der Waals surface area contributed by atoms with Gasteiger partial charge in [0.25, 0.3) is 0 Å². The zero-order valence-electron chi connectivity index (χ0n) is 17.4. The number of unbranched alkanes of at least 4 members (excludes halogenated alkanes) is 2. The topological polar surface area (TPSA) is 47.6 Å². The van der Waals surface area contributed by atoms with Gasteiger partial charge in [0.05, 0.1) is 13.2 Å². The van der Waals surface area contributed by atoms with Gasteiger partial charge in [0, 0.05) is 5.69 Å². The third kappa shape index (κ3) is 6.77. The lowest BCUT2D eigenvalue weighted by molar-refractivity contribution is 0.194. The Kier molecular flexibility index (Phi) is 9.77. The Morgan fingerprint density at radius 2 is 1.43 bits per heavy atom. The largest absolute Gasteiger partial charge is 0.368 e. The van der Waals surface area contributed by atoms with Crippen molar-refractivity contribution in [3.63, 3.8) is 0 Å². The Labute approximate surface area is 170 Å². The molecule has 154 valence electrons. The van der Waals surface area contributed by atoms with Crippen LogP contribution >= 0.6 is 7.60 Å². The molecule has 0 aliphatic rings. The van der Waals surface area contributed by atoms with Crippen LogP contribution in [0.15, 0.2) is 54.6 Å². The average molecular weight is 404 g/mol. The predicted molar refractivity (Wildman–Crippen MR) is 118 cm³/mol. The Hall–Kier alpha value is -1.61. The molecule has 1 unspecified atom stereocenters. The van der Waals surface area contributed by atoms with E-state index in [0.29, 0.717) is 13.2 Å². The van der Waals surface area contributed by atoms with Crippen molar-refractivity contribution < 1.29 is 13.6 Å². The summed E-state index contributed by atoms with van der Waals surface area (Å²) >= 11 is 0. The molecule has 0 saturated heterocycles. The van der Waals surface area contributed by atoms with Gasteiger partial charge in [-0.1, -0.05) is 76.1 Å². The highest BCUT2D eigenvalue weighted by Gasteiger charge is 2.37. The van der Waals surface area contributed by atoms with Crippen molar-refractivity contribution >= 4 is 13.3 Å². The second kappa shape index (κ2) is 12.1. The predicted octanol–water partition coefficient (Wildman–Crippen LogP) is 7.19. The first-order chi connectivity index (χ1) is 13.6. The van der Waals surface area contributed by atoms with Crippen LogP contribution in [0.2, 0.25) is 0 Å². The first kappa shape index (κ1) is 22.7. The minimum atomic E-state index is -3.41. The zero-order valence-corrected chi connectivity index (χ0v) is 18.3. The van der Waals surface area contributed by atoms with Crippen LogP contribution in [0, 0.1) is 0 Å².